The highest BCUT2D eigenvalue weighted by molar-refractivity contribution is 6.35. The third kappa shape index (κ3) is 6.02. The Kier molecular flexibility index (Phi) is 7.63. The van der Waals surface area contributed by atoms with Crippen molar-refractivity contribution in [1.29, 1.82) is 0 Å². The van der Waals surface area contributed by atoms with E-state index in [1.807, 2.05) is 40.7 Å². The number of amides is 2. The molecule has 1 aliphatic heterocycles. The summed E-state index contributed by atoms with van der Waals surface area (Å²) in [5.41, 5.74) is 0.226. The molecule has 2 amide bonds. The second-order valence-corrected chi connectivity index (χ2v) is 9.32. The van der Waals surface area contributed by atoms with E-state index in [-0.39, 0.29) is 11.9 Å². The Hall–Kier alpha value is -1.46. The van der Waals surface area contributed by atoms with Crippen LogP contribution in [0.2, 0.25) is 10.0 Å². The van der Waals surface area contributed by atoms with E-state index in [0.29, 0.717) is 29.6 Å². The van der Waals surface area contributed by atoms with Crippen LogP contribution in [0, 0.1) is 0 Å². The number of halogens is 2. The Morgan fingerprint density at radius 2 is 1.93 bits per heavy atom. The molecule has 1 aromatic rings. The first-order valence-electron chi connectivity index (χ1n) is 9.73. The van der Waals surface area contributed by atoms with Crippen molar-refractivity contribution in [3.63, 3.8) is 0 Å². The fourth-order valence-corrected chi connectivity index (χ4v) is 3.74. The summed E-state index contributed by atoms with van der Waals surface area (Å²) in [6.07, 6.45) is 1.98. The molecule has 1 heterocycles. The number of benzene rings is 1. The van der Waals surface area contributed by atoms with Crippen LogP contribution in [0.25, 0.3) is 0 Å². The van der Waals surface area contributed by atoms with Crippen molar-refractivity contribution in [3.8, 4) is 0 Å². The van der Waals surface area contributed by atoms with E-state index in [1.54, 1.807) is 21.9 Å². The molecule has 0 radical (unpaired) electrons. The SMILES string of the molecule is CC(C)N(Cc1ccc(Cl)cc1Cl)C(=O)[C@H]1CCCCN1C(=O)OC(C)(C)C. The van der Waals surface area contributed by atoms with Crippen molar-refractivity contribution in [2.45, 2.75) is 78.1 Å². The van der Waals surface area contributed by atoms with Gasteiger partial charge in [-0.1, -0.05) is 29.3 Å². The van der Waals surface area contributed by atoms with Crippen molar-refractivity contribution < 1.29 is 14.3 Å². The highest BCUT2D eigenvalue weighted by Crippen LogP contribution is 2.26. The largest absolute Gasteiger partial charge is 0.444 e. The number of carbonyl (C=O) groups is 2. The van der Waals surface area contributed by atoms with Gasteiger partial charge in [-0.3, -0.25) is 9.69 Å². The van der Waals surface area contributed by atoms with Crippen LogP contribution in [0.4, 0.5) is 4.79 Å². The van der Waals surface area contributed by atoms with Gasteiger partial charge < -0.3 is 9.64 Å². The number of rotatable bonds is 4. The Bertz CT molecular complexity index is 716. The molecule has 0 aromatic heterocycles. The molecule has 1 fully saturated rings. The smallest absolute Gasteiger partial charge is 0.410 e. The van der Waals surface area contributed by atoms with Gasteiger partial charge in [0.15, 0.2) is 0 Å². The summed E-state index contributed by atoms with van der Waals surface area (Å²) in [5, 5.41) is 1.08. The molecule has 0 saturated carbocycles. The van der Waals surface area contributed by atoms with E-state index in [2.05, 4.69) is 0 Å². The lowest BCUT2D eigenvalue weighted by molar-refractivity contribution is -0.140. The van der Waals surface area contributed by atoms with Crippen LogP contribution < -0.4 is 0 Å². The standard InChI is InChI=1S/C21H30Cl2N2O3/c1-14(2)25(13-15-9-10-16(22)12-17(15)23)19(26)18-8-6-7-11-24(18)20(27)28-21(3,4)5/h9-10,12,14,18H,6-8,11,13H2,1-5H3/t18-/m1/s1. The minimum absolute atomic E-state index is 0.0401. The van der Waals surface area contributed by atoms with Crippen LogP contribution in [-0.4, -0.2) is 46.0 Å². The van der Waals surface area contributed by atoms with Gasteiger partial charge in [0, 0.05) is 29.2 Å². The zero-order valence-electron chi connectivity index (χ0n) is 17.3. The van der Waals surface area contributed by atoms with Crippen LogP contribution in [0.1, 0.15) is 59.4 Å². The molecule has 156 valence electrons. The summed E-state index contributed by atoms with van der Waals surface area (Å²) in [6, 6.07) is 4.72. The van der Waals surface area contributed by atoms with E-state index in [4.69, 9.17) is 27.9 Å². The van der Waals surface area contributed by atoms with Crippen LogP contribution in [-0.2, 0) is 16.1 Å². The summed E-state index contributed by atoms with van der Waals surface area (Å²) >= 11 is 12.3. The molecule has 0 N–H and O–H groups in total. The molecule has 28 heavy (non-hydrogen) atoms. The Balaban J connectivity index is 2.22. The molecule has 0 bridgehead atoms. The first-order chi connectivity index (χ1) is 13.0. The summed E-state index contributed by atoms with van der Waals surface area (Å²) < 4.78 is 5.53. The maximum atomic E-state index is 13.4. The lowest BCUT2D eigenvalue weighted by atomic mass is 10.0. The average molecular weight is 429 g/mol. The first-order valence-corrected chi connectivity index (χ1v) is 10.5. The van der Waals surface area contributed by atoms with Crippen molar-refractivity contribution in [2.75, 3.05) is 6.54 Å². The molecule has 0 aliphatic carbocycles. The second kappa shape index (κ2) is 9.36. The van der Waals surface area contributed by atoms with Gasteiger partial charge in [0.25, 0.3) is 0 Å². The van der Waals surface area contributed by atoms with Gasteiger partial charge in [-0.05, 0) is 71.6 Å². The average Bonchev–Trinajstić information content (AvgIpc) is 2.58. The minimum atomic E-state index is -0.601. The van der Waals surface area contributed by atoms with Gasteiger partial charge in [-0.25, -0.2) is 4.79 Å². The van der Waals surface area contributed by atoms with Gasteiger partial charge in [0.2, 0.25) is 5.91 Å². The highest BCUT2D eigenvalue weighted by atomic mass is 35.5. The fraction of sp³-hybridized carbons (Fsp3) is 0.619. The van der Waals surface area contributed by atoms with Crippen LogP contribution in [0.3, 0.4) is 0 Å². The zero-order valence-corrected chi connectivity index (χ0v) is 18.8. The maximum absolute atomic E-state index is 13.4. The number of hydrogen-bond donors (Lipinski definition) is 0. The molecular weight excluding hydrogens is 399 g/mol. The third-order valence-electron chi connectivity index (χ3n) is 4.68. The van der Waals surface area contributed by atoms with Crippen molar-refractivity contribution >= 4 is 35.2 Å². The van der Waals surface area contributed by atoms with Crippen LogP contribution in [0.5, 0.6) is 0 Å². The molecule has 1 aliphatic rings. The molecule has 7 heteroatoms. The summed E-state index contributed by atoms with van der Waals surface area (Å²) in [4.78, 5) is 29.4. The van der Waals surface area contributed by atoms with Crippen molar-refractivity contribution in [1.82, 2.24) is 9.80 Å². The topological polar surface area (TPSA) is 49.9 Å². The lowest BCUT2D eigenvalue weighted by Crippen LogP contribution is -2.55. The maximum Gasteiger partial charge on any atom is 0.410 e. The molecule has 0 unspecified atom stereocenters. The number of ether oxygens (including phenoxy) is 1. The predicted molar refractivity (Wildman–Crippen MR) is 113 cm³/mol. The molecule has 1 atom stereocenters. The van der Waals surface area contributed by atoms with E-state index in [9.17, 15) is 9.59 Å². The predicted octanol–water partition coefficient (Wildman–Crippen LogP) is 5.52. The third-order valence-corrected chi connectivity index (χ3v) is 5.27. The Morgan fingerprint density at radius 3 is 2.50 bits per heavy atom. The summed E-state index contributed by atoms with van der Waals surface area (Å²) in [6.45, 7) is 10.3. The zero-order chi connectivity index (χ0) is 21.1. The van der Waals surface area contributed by atoms with Crippen molar-refractivity contribution in [2.24, 2.45) is 0 Å². The minimum Gasteiger partial charge on any atom is -0.444 e. The molecule has 1 saturated heterocycles. The van der Waals surface area contributed by atoms with E-state index in [1.165, 1.54) is 0 Å². The normalized spacial score (nSPS) is 17.6. The monoisotopic (exact) mass is 428 g/mol. The number of piperidine rings is 1. The fourth-order valence-electron chi connectivity index (χ4n) is 3.27. The van der Waals surface area contributed by atoms with E-state index < -0.39 is 17.7 Å². The van der Waals surface area contributed by atoms with Crippen molar-refractivity contribution in [3.05, 3.63) is 33.8 Å². The lowest BCUT2D eigenvalue weighted by Gasteiger charge is -2.39. The van der Waals surface area contributed by atoms with Gasteiger partial charge in [0.1, 0.15) is 11.6 Å². The van der Waals surface area contributed by atoms with Crippen LogP contribution >= 0.6 is 23.2 Å². The van der Waals surface area contributed by atoms with Gasteiger partial charge in [0.05, 0.1) is 0 Å². The van der Waals surface area contributed by atoms with Gasteiger partial charge in [-0.15, -0.1) is 0 Å². The summed E-state index contributed by atoms with van der Waals surface area (Å²) in [5.74, 6) is -0.0772. The molecule has 2 rings (SSSR count). The number of hydrogen-bond acceptors (Lipinski definition) is 3. The van der Waals surface area contributed by atoms with E-state index in [0.717, 1.165) is 18.4 Å². The summed E-state index contributed by atoms with van der Waals surface area (Å²) in [7, 11) is 0. The second-order valence-electron chi connectivity index (χ2n) is 8.48. The Morgan fingerprint density at radius 1 is 1.25 bits per heavy atom. The number of nitrogens with zero attached hydrogens (tertiary/aromatic N) is 2. The van der Waals surface area contributed by atoms with E-state index >= 15 is 0 Å². The number of carbonyl (C=O) groups excluding carboxylic acids is 2. The quantitative estimate of drug-likeness (QED) is 0.633. The molecule has 0 spiro atoms. The Labute approximate surface area is 177 Å². The van der Waals surface area contributed by atoms with Gasteiger partial charge in [-0.2, -0.15) is 0 Å². The highest BCUT2D eigenvalue weighted by Gasteiger charge is 2.37. The molecular formula is C21H30Cl2N2O3. The first kappa shape index (κ1) is 22.8. The molecule has 5 nitrogen and oxygen atoms in total. The number of likely N-dealkylation sites (tertiary alicyclic amines) is 1. The van der Waals surface area contributed by atoms with Crippen LogP contribution in [0.15, 0.2) is 18.2 Å². The van der Waals surface area contributed by atoms with Gasteiger partial charge >= 0.3 is 6.09 Å². The molecule has 1 aromatic carbocycles.